The molecule has 0 N–H and O–H groups in total. The maximum Gasteiger partial charge on any atom is 0.279 e. The third kappa shape index (κ3) is 4.51. The Morgan fingerprint density at radius 3 is 2.10 bits per heavy atom. The van der Waals surface area contributed by atoms with Crippen LogP contribution in [-0.4, -0.2) is 31.8 Å². The van der Waals surface area contributed by atoms with Gasteiger partial charge in [0.25, 0.3) is 5.91 Å². The first-order valence-corrected chi connectivity index (χ1v) is 11.0. The third-order valence-corrected chi connectivity index (χ3v) is 6.27. The van der Waals surface area contributed by atoms with E-state index in [1.807, 2.05) is 0 Å². The average Bonchev–Trinajstić information content (AvgIpc) is 3.15. The van der Waals surface area contributed by atoms with Gasteiger partial charge in [0, 0.05) is 17.0 Å². The fourth-order valence-corrected chi connectivity index (χ4v) is 4.61. The molecule has 0 unspecified atom stereocenters. The predicted molar refractivity (Wildman–Crippen MR) is 124 cm³/mol. The quantitative estimate of drug-likeness (QED) is 0.526. The topological polar surface area (TPSA) is 62.1 Å². The summed E-state index contributed by atoms with van der Waals surface area (Å²) in [7, 11) is 4.57. The molecule has 164 valence electrons. The number of carbonyl (C=O) groups excluding carboxylic acids is 1. The predicted octanol–water partition coefficient (Wildman–Crippen LogP) is 4.87. The Balaban J connectivity index is 2.14. The van der Waals surface area contributed by atoms with Gasteiger partial charge in [-0.05, 0) is 38.0 Å². The highest BCUT2D eigenvalue weighted by atomic mass is 32.1. The first-order chi connectivity index (χ1) is 15.0. The van der Waals surface area contributed by atoms with E-state index in [0.717, 1.165) is 17.7 Å². The van der Waals surface area contributed by atoms with E-state index in [1.165, 1.54) is 31.8 Å². The van der Waals surface area contributed by atoms with E-state index in [-0.39, 0.29) is 5.91 Å². The fourth-order valence-electron chi connectivity index (χ4n) is 3.46. The van der Waals surface area contributed by atoms with Gasteiger partial charge in [-0.1, -0.05) is 36.8 Å². The molecule has 0 radical (unpaired) electrons. The number of aryl methyl sites for hydroxylation is 2. The smallest absolute Gasteiger partial charge is 0.279 e. The fraction of sp³-hybridized carbons (Fsp3) is 0.333. The minimum atomic E-state index is -0.360. The van der Waals surface area contributed by atoms with Crippen LogP contribution in [0.2, 0.25) is 0 Å². The molecular weight excluding hydrogens is 412 g/mol. The van der Waals surface area contributed by atoms with Crippen molar-refractivity contribution in [2.45, 2.75) is 33.7 Å². The van der Waals surface area contributed by atoms with Crippen LogP contribution in [0, 0.1) is 6.92 Å². The van der Waals surface area contributed by atoms with Crippen LogP contribution in [0.5, 0.6) is 17.2 Å². The lowest BCUT2D eigenvalue weighted by Crippen LogP contribution is -2.17. The second-order valence-corrected chi connectivity index (χ2v) is 8.01. The van der Waals surface area contributed by atoms with Crippen molar-refractivity contribution >= 4 is 17.2 Å². The normalized spacial score (nSPS) is 11.5. The monoisotopic (exact) mass is 440 g/mol. The molecule has 3 rings (SSSR count). The summed E-state index contributed by atoms with van der Waals surface area (Å²) in [6.45, 7) is 6.96. The molecule has 0 saturated heterocycles. The molecule has 1 amide bonds. The van der Waals surface area contributed by atoms with E-state index in [1.54, 1.807) is 23.5 Å². The Kier molecular flexibility index (Phi) is 7.17. The van der Waals surface area contributed by atoms with E-state index in [0.29, 0.717) is 34.2 Å². The lowest BCUT2D eigenvalue weighted by atomic mass is 10.1. The van der Waals surface area contributed by atoms with Crippen LogP contribution in [0.3, 0.4) is 0 Å². The van der Waals surface area contributed by atoms with Crippen LogP contribution in [0.1, 0.15) is 34.6 Å². The lowest BCUT2D eigenvalue weighted by molar-refractivity contribution is 0.0997. The molecule has 7 heteroatoms. The molecule has 3 aromatic rings. The summed E-state index contributed by atoms with van der Waals surface area (Å²) in [4.78, 5) is 19.4. The molecule has 2 aromatic carbocycles. The van der Waals surface area contributed by atoms with Gasteiger partial charge in [0.15, 0.2) is 16.3 Å². The molecule has 1 aromatic heterocycles. The van der Waals surface area contributed by atoms with Crippen molar-refractivity contribution in [1.29, 1.82) is 0 Å². The van der Waals surface area contributed by atoms with Crippen LogP contribution in [0.15, 0.2) is 41.4 Å². The van der Waals surface area contributed by atoms with Crippen LogP contribution in [0.25, 0.3) is 11.3 Å². The maximum absolute atomic E-state index is 13.1. The summed E-state index contributed by atoms with van der Waals surface area (Å²) in [6.07, 6.45) is 0.863. The van der Waals surface area contributed by atoms with E-state index in [4.69, 9.17) is 14.2 Å². The van der Waals surface area contributed by atoms with Crippen LogP contribution >= 0.6 is 11.3 Å². The second-order valence-electron chi connectivity index (χ2n) is 6.95. The van der Waals surface area contributed by atoms with Gasteiger partial charge in [0.05, 0.1) is 27.0 Å². The molecule has 0 aliphatic heterocycles. The van der Waals surface area contributed by atoms with Gasteiger partial charge < -0.3 is 18.8 Å². The second kappa shape index (κ2) is 9.83. The maximum atomic E-state index is 13.1. The minimum absolute atomic E-state index is 0.360. The van der Waals surface area contributed by atoms with Gasteiger partial charge in [0.2, 0.25) is 5.75 Å². The van der Waals surface area contributed by atoms with Crippen molar-refractivity contribution < 1.29 is 19.0 Å². The summed E-state index contributed by atoms with van der Waals surface area (Å²) in [5.74, 6) is 0.922. The van der Waals surface area contributed by atoms with Crippen molar-refractivity contribution in [3.8, 4) is 28.5 Å². The van der Waals surface area contributed by atoms with Gasteiger partial charge in [-0.3, -0.25) is 4.79 Å². The summed E-state index contributed by atoms with van der Waals surface area (Å²) in [5, 5.41) is 0. The number of rotatable bonds is 7. The van der Waals surface area contributed by atoms with Gasteiger partial charge in [-0.15, -0.1) is 11.3 Å². The molecule has 0 spiro atoms. The highest BCUT2D eigenvalue weighted by Crippen LogP contribution is 2.38. The van der Waals surface area contributed by atoms with E-state index in [2.05, 4.69) is 54.6 Å². The van der Waals surface area contributed by atoms with E-state index in [9.17, 15) is 4.79 Å². The van der Waals surface area contributed by atoms with Gasteiger partial charge in [-0.2, -0.15) is 4.99 Å². The van der Waals surface area contributed by atoms with Crippen LogP contribution in [-0.2, 0) is 13.0 Å². The number of hydrogen-bond acceptors (Lipinski definition) is 5. The van der Waals surface area contributed by atoms with Gasteiger partial charge >= 0.3 is 0 Å². The molecule has 0 aliphatic carbocycles. The number of aromatic nitrogens is 1. The van der Waals surface area contributed by atoms with Crippen molar-refractivity contribution in [3.05, 3.63) is 57.2 Å². The van der Waals surface area contributed by atoms with E-state index >= 15 is 0 Å². The van der Waals surface area contributed by atoms with Crippen molar-refractivity contribution in [1.82, 2.24) is 4.57 Å². The number of thiazole rings is 1. The van der Waals surface area contributed by atoms with Crippen molar-refractivity contribution in [2.24, 2.45) is 4.99 Å². The lowest BCUT2D eigenvalue weighted by Gasteiger charge is -2.12. The first-order valence-electron chi connectivity index (χ1n) is 10.2. The Bertz CT molecular complexity index is 1120. The number of methoxy groups -OCH3 is 3. The zero-order valence-electron chi connectivity index (χ0n) is 18.8. The molecule has 0 saturated carbocycles. The van der Waals surface area contributed by atoms with Crippen LogP contribution in [0.4, 0.5) is 0 Å². The van der Waals surface area contributed by atoms with Gasteiger partial charge in [0.1, 0.15) is 0 Å². The third-order valence-electron chi connectivity index (χ3n) is 5.05. The number of amides is 1. The van der Waals surface area contributed by atoms with E-state index < -0.39 is 0 Å². The average molecular weight is 441 g/mol. The standard InChI is InChI=1S/C24H28N2O4S/c1-7-20-21(16-11-9-15(3)10-12-16)26(8-2)24(31-20)25-23(27)17-13-18(28-4)22(30-6)19(14-17)29-5/h9-14H,7-8H2,1-6H3. The molecule has 1 heterocycles. The van der Waals surface area contributed by atoms with Crippen LogP contribution < -0.4 is 19.0 Å². The Morgan fingerprint density at radius 2 is 1.61 bits per heavy atom. The first kappa shape index (κ1) is 22.6. The molecular formula is C24H28N2O4S. The Labute approximate surface area is 186 Å². The zero-order valence-corrected chi connectivity index (χ0v) is 19.6. The number of ether oxygens (including phenoxy) is 3. The highest BCUT2D eigenvalue weighted by Gasteiger charge is 2.18. The SMILES string of the molecule is CCc1sc(=NC(=O)c2cc(OC)c(OC)c(OC)c2)n(CC)c1-c1ccc(C)cc1. The largest absolute Gasteiger partial charge is 0.493 e. The molecule has 6 nitrogen and oxygen atoms in total. The molecule has 0 aliphatic rings. The molecule has 0 fully saturated rings. The highest BCUT2D eigenvalue weighted by molar-refractivity contribution is 7.09. The van der Waals surface area contributed by atoms with Gasteiger partial charge in [-0.25, -0.2) is 0 Å². The van der Waals surface area contributed by atoms with Crippen molar-refractivity contribution in [3.63, 3.8) is 0 Å². The Hall–Kier alpha value is -3.06. The Morgan fingerprint density at radius 1 is 1.00 bits per heavy atom. The number of hydrogen-bond donors (Lipinski definition) is 0. The summed E-state index contributed by atoms with van der Waals surface area (Å²) >= 11 is 1.55. The molecule has 31 heavy (non-hydrogen) atoms. The molecule has 0 bridgehead atoms. The van der Waals surface area contributed by atoms with Crippen molar-refractivity contribution in [2.75, 3.05) is 21.3 Å². The summed E-state index contributed by atoms with van der Waals surface area (Å²) in [6, 6.07) is 11.7. The minimum Gasteiger partial charge on any atom is -0.493 e. The number of carbonyl (C=O) groups is 1. The number of benzene rings is 2. The zero-order chi connectivity index (χ0) is 22.5. The number of nitrogens with zero attached hydrogens (tertiary/aromatic N) is 2. The summed E-state index contributed by atoms with van der Waals surface area (Å²) in [5.41, 5.74) is 3.83. The molecule has 0 atom stereocenters. The summed E-state index contributed by atoms with van der Waals surface area (Å²) < 4.78 is 18.2.